The number of carbonyl (C=O) groups excluding carboxylic acids is 1. The molecule has 0 spiro atoms. The summed E-state index contributed by atoms with van der Waals surface area (Å²) in [4.78, 5) is 22.9. The van der Waals surface area contributed by atoms with Gasteiger partial charge in [0.15, 0.2) is 17.1 Å². The third-order valence-corrected chi connectivity index (χ3v) is 6.17. The number of nitrogens with one attached hydrogen (secondary N) is 1. The molecule has 8 nitrogen and oxygen atoms in total. The van der Waals surface area contributed by atoms with E-state index >= 15 is 0 Å². The number of halogens is 1. The molecule has 9 heteroatoms. The van der Waals surface area contributed by atoms with Crippen molar-refractivity contribution >= 4 is 45.5 Å². The highest BCUT2D eigenvalue weighted by Crippen LogP contribution is 2.32. The van der Waals surface area contributed by atoms with Gasteiger partial charge in [-0.15, -0.1) is 0 Å². The van der Waals surface area contributed by atoms with E-state index in [4.69, 9.17) is 36.8 Å². The van der Waals surface area contributed by atoms with Crippen LogP contribution in [0.5, 0.6) is 11.5 Å². The average Bonchev–Trinajstić information content (AvgIpc) is 3.17. The third kappa shape index (κ3) is 4.27. The fraction of sp³-hybridized carbons (Fsp3) is 0.148. The van der Waals surface area contributed by atoms with Crippen molar-refractivity contribution in [2.45, 2.75) is 6.42 Å². The topological polar surface area (TPSA) is 104 Å². The number of methoxy groups -OCH3 is 2. The van der Waals surface area contributed by atoms with Gasteiger partial charge in [0.05, 0.1) is 30.9 Å². The van der Waals surface area contributed by atoms with Gasteiger partial charge < -0.3 is 20.5 Å². The Kier molecular flexibility index (Phi) is 6.35. The van der Waals surface area contributed by atoms with Crippen molar-refractivity contribution < 1.29 is 14.3 Å². The summed E-state index contributed by atoms with van der Waals surface area (Å²) < 4.78 is 12.4. The molecule has 0 bridgehead atoms. The van der Waals surface area contributed by atoms with Gasteiger partial charge >= 0.3 is 0 Å². The lowest BCUT2D eigenvalue weighted by Crippen LogP contribution is -2.26. The van der Waals surface area contributed by atoms with Crippen LogP contribution in [0.2, 0.25) is 5.02 Å². The number of nitrogens with zero attached hydrogens (tertiary/aromatic N) is 3. The van der Waals surface area contributed by atoms with Gasteiger partial charge in [0, 0.05) is 11.6 Å². The minimum absolute atomic E-state index is 0.242. The van der Waals surface area contributed by atoms with Crippen molar-refractivity contribution in [3.8, 4) is 17.2 Å². The van der Waals surface area contributed by atoms with E-state index in [0.717, 1.165) is 5.56 Å². The summed E-state index contributed by atoms with van der Waals surface area (Å²) in [6.45, 7) is 0.388. The van der Waals surface area contributed by atoms with E-state index in [2.05, 4.69) is 5.32 Å². The molecule has 0 aliphatic rings. The van der Waals surface area contributed by atoms with Crippen LogP contribution in [0.1, 0.15) is 15.9 Å². The van der Waals surface area contributed by atoms with Crippen LogP contribution in [0, 0.1) is 0 Å². The number of nitrogen functional groups attached to an aromatic ring is 1. The summed E-state index contributed by atoms with van der Waals surface area (Å²) in [7, 11) is 3.18. The Morgan fingerprint density at radius 1 is 0.972 bits per heavy atom. The lowest BCUT2D eigenvalue weighted by Gasteiger charge is -2.10. The molecule has 0 aliphatic heterocycles. The number of fused-ring (bicyclic) bond motifs is 2. The van der Waals surface area contributed by atoms with Crippen molar-refractivity contribution in [3.05, 3.63) is 82.9 Å². The van der Waals surface area contributed by atoms with Crippen LogP contribution in [-0.2, 0) is 6.42 Å². The quantitative estimate of drug-likeness (QED) is 0.332. The molecular weight excluding hydrogens is 478 g/mol. The van der Waals surface area contributed by atoms with Gasteiger partial charge in [-0.05, 0) is 54.4 Å². The standard InChI is InChI=1S/C27H24ClN5O3/c1-35-21-11-10-16(14-22(21)36-2)12-13-30-27(34)23-24-26(32-20-9-4-3-8-19(20)31-24)33(25(23)29)18-7-5-6-17(28)15-18/h3-11,14-15H,12-13,29H2,1-2H3,(H,30,34). The molecule has 5 aromatic rings. The summed E-state index contributed by atoms with van der Waals surface area (Å²) in [5.41, 5.74) is 10.8. The Bertz CT molecular complexity index is 1600. The van der Waals surface area contributed by atoms with Crippen LogP contribution in [0.15, 0.2) is 66.7 Å². The lowest BCUT2D eigenvalue weighted by atomic mass is 10.1. The first-order chi connectivity index (χ1) is 17.5. The van der Waals surface area contributed by atoms with Crippen LogP contribution in [0.4, 0.5) is 5.82 Å². The van der Waals surface area contributed by atoms with Crippen LogP contribution < -0.4 is 20.5 Å². The maximum Gasteiger partial charge on any atom is 0.257 e. The number of aromatic nitrogens is 3. The maximum atomic E-state index is 13.4. The van der Waals surface area contributed by atoms with Gasteiger partial charge in [0.25, 0.3) is 5.91 Å². The molecule has 182 valence electrons. The number of hydrogen-bond acceptors (Lipinski definition) is 6. The number of ether oxygens (including phenoxy) is 2. The van der Waals surface area contributed by atoms with E-state index in [0.29, 0.717) is 57.4 Å². The molecule has 0 unspecified atom stereocenters. The number of nitrogens with two attached hydrogens (primary N) is 1. The minimum Gasteiger partial charge on any atom is -0.493 e. The number of anilines is 1. The molecule has 0 aliphatic carbocycles. The van der Waals surface area contributed by atoms with Crippen molar-refractivity contribution in [3.63, 3.8) is 0 Å². The van der Waals surface area contributed by atoms with Gasteiger partial charge in [0.2, 0.25) is 0 Å². The number of para-hydroxylation sites is 2. The van der Waals surface area contributed by atoms with E-state index in [-0.39, 0.29) is 17.3 Å². The summed E-state index contributed by atoms with van der Waals surface area (Å²) in [5.74, 6) is 1.20. The van der Waals surface area contributed by atoms with Gasteiger partial charge in [-0.3, -0.25) is 9.36 Å². The third-order valence-electron chi connectivity index (χ3n) is 5.94. The van der Waals surface area contributed by atoms with Crippen molar-refractivity contribution in [2.75, 3.05) is 26.5 Å². The summed E-state index contributed by atoms with van der Waals surface area (Å²) in [5, 5.41) is 3.52. The SMILES string of the molecule is COc1ccc(CCNC(=O)c2c(N)n(-c3cccc(Cl)c3)c3nc4ccccc4nc23)cc1OC. The molecular formula is C27H24ClN5O3. The number of benzene rings is 3. The highest BCUT2D eigenvalue weighted by molar-refractivity contribution is 6.30. The summed E-state index contributed by atoms with van der Waals surface area (Å²) >= 11 is 6.24. The summed E-state index contributed by atoms with van der Waals surface area (Å²) in [6.07, 6.45) is 0.591. The van der Waals surface area contributed by atoms with Crippen LogP contribution in [-0.4, -0.2) is 41.2 Å². The first-order valence-corrected chi connectivity index (χ1v) is 11.7. The molecule has 0 saturated carbocycles. The summed E-state index contributed by atoms with van der Waals surface area (Å²) in [6, 6.07) is 20.4. The van der Waals surface area contributed by atoms with Crippen LogP contribution >= 0.6 is 11.6 Å². The smallest absolute Gasteiger partial charge is 0.257 e. The Hall–Kier alpha value is -4.30. The number of hydrogen-bond donors (Lipinski definition) is 2. The molecule has 36 heavy (non-hydrogen) atoms. The molecule has 2 aromatic heterocycles. The fourth-order valence-corrected chi connectivity index (χ4v) is 4.39. The molecule has 5 rings (SSSR count). The van der Waals surface area contributed by atoms with Crippen molar-refractivity contribution in [1.29, 1.82) is 0 Å². The maximum absolute atomic E-state index is 13.4. The molecule has 0 radical (unpaired) electrons. The second kappa shape index (κ2) is 9.75. The molecule has 3 aromatic carbocycles. The van der Waals surface area contributed by atoms with E-state index < -0.39 is 0 Å². The molecule has 0 fully saturated rings. The Balaban J connectivity index is 1.51. The number of rotatable bonds is 7. The average molecular weight is 502 g/mol. The van der Waals surface area contributed by atoms with Gasteiger partial charge in [0.1, 0.15) is 16.9 Å². The zero-order valence-electron chi connectivity index (χ0n) is 19.8. The van der Waals surface area contributed by atoms with Crippen molar-refractivity contribution in [1.82, 2.24) is 19.9 Å². The number of amides is 1. The molecule has 3 N–H and O–H groups in total. The Morgan fingerprint density at radius 3 is 2.44 bits per heavy atom. The van der Waals surface area contributed by atoms with E-state index in [1.54, 1.807) is 30.9 Å². The van der Waals surface area contributed by atoms with Crippen LogP contribution in [0.25, 0.3) is 27.9 Å². The fourth-order valence-electron chi connectivity index (χ4n) is 4.21. The monoisotopic (exact) mass is 501 g/mol. The molecule has 0 saturated heterocycles. The zero-order valence-corrected chi connectivity index (χ0v) is 20.5. The second-order valence-corrected chi connectivity index (χ2v) is 8.59. The molecule has 1 amide bonds. The largest absolute Gasteiger partial charge is 0.493 e. The normalized spacial score (nSPS) is 11.1. The predicted octanol–water partition coefficient (Wildman–Crippen LogP) is 4.80. The van der Waals surface area contributed by atoms with Gasteiger partial charge in [-0.2, -0.15) is 0 Å². The lowest BCUT2D eigenvalue weighted by molar-refractivity contribution is 0.0956. The predicted molar refractivity (Wildman–Crippen MR) is 141 cm³/mol. The number of carbonyl (C=O) groups is 1. The van der Waals surface area contributed by atoms with E-state index in [1.165, 1.54) is 0 Å². The minimum atomic E-state index is -0.330. The second-order valence-electron chi connectivity index (χ2n) is 8.16. The van der Waals surface area contributed by atoms with Crippen LogP contribution in [0.3, 0.4) is 0 Å². The molecule has 2 heterocycles. The zero-order chi connectivity index (χ0) is 25.2. The van der Waals surface area contributed by atoms with Gasteiger partial charge in [-0.1, -0.05) is 35.9 Å². The van der Waals surface area contributed by atoms with E-state index in [1.807, 2.05) is 54.6 Å². The first-order valence-electron chi connectivity index (χ1n) is 11.3. The Morgan fingerprint density at radius 2 is 1.72 bits per heavy atom. The Labute approximate surface area is 212 Å². The van der Waals surface area contributed by atoms with Gasteiger partial charge in [-0.25, -0.2) is 9.97 Å². The first kappa shape index (κ1) is 23.4. The van der Waals surface area contributed by atoms with E-state index in [9.17, 15) is 4.79 Å². The highest BCUT2D eigenvalue weighted by Gasteiger charge is 2.24. The highest BCUT2D eigenvalue weighted by atomic mass is 35.5. The molecule has 0 atom stereocenters. The van der Waals surface area contributed by atoms with Crippen molar-refractivity contribution in [2.24, 2.45) is 0 Å².